The van der Waals surface area contributed by atoms with Crippen molar-refractivity contribution < 1.29 is 19.1 Å². The number of esters is 1. The van der Waals surface area contributed by atoms with Crippen molar-refractivity contribution in [3.63, 3.8) is 0 Å². The number of rotatable bonds is 7. The Labute approximate surface area is 195 Å². The monoisotopic (exact) mass is 454 g/mol. The summed E-state index contributed by atoms with van der Waals surface area (Å²) in [6, 6.07) is 19.7. The smallest absolute Gasteiger partial charge is 0.337 e. The SMILES string of the molecule is COC(=O)c1cc(CNC(=O)c2cn3ccccc3n2)cc(NC(=O)C=Cc2ccccc2)c1. The summed E-state index contributed by atoms with van der Waals surface area (Å²) >= 11 is 0. The fraction of sp³-hybridized carbons (Fsp3) is 0.0769. The third-order valence-corrected chi connectivity index (χ3v) is 4.96. The molecule has 34 heavy (non-hydrogen) atoms. The van der Waals surface area contributed by atoms with Crippen molar-refractivity contribution in [2.75, 3.05) is 12.4 Å². The van der Waals surface area contributed by atoms with Gasteiger partial charge in [0.05, 0.1) is 12.7 Å². The first-order valence-corrected chi connectivity index (χ1v) is 10.5. The standard InChI is InChI=1S/C26H22N4O4/c1-34-26(33)20-13-19(16-27-25(32)22-17-30-12-6-5-9-23(30)29-22)14-21(15-20)28-24(31)11-10-18-7-3-2-4-8-18/h2-15,17H,16H2,1H3,(H,27,32)(H,28,31). The molecule has 0 saturated heterocycles. The Morgan fingerprint density at radius 1 is 1.03 bits per heavy atom. The highest BCUT2D eigenvalue weighted by Gasteiger charge is 2.13. The van der Waals surface area contributed by atoms with Crippen LogP contribution in [0.15, 0.2) is 85.2 Å². The van der Waals surface area contributed by atoms with E-state index in [1.165, 1.54) is 19.3 Å². The Morgan fingerprint density at radius 2 is 1.82 bits per heavy atom. The summed E-state index contributed by atoms with van der Waals surface area (Å²) in [6.45, 7) is 0.125. The fourth-order valence-electron chi connectivity index (χ4n) is 3.34. The zero-order chi connectivity index (χ0) is 23.9. The predicted octanol–water partition coefficient (Wildman–Crippen LogP) is 3.70. The van der Waals surface area contributed by atoms with E-state index < -0.39 is 5.97 Å². The van der Waals surface area contributed by atoms with Crippen LogP contribution in [0.3, 0.4) is 0 Å². The van der Waals surface area contributed by atoms with Gasteiger partial charge in [-0.3, -0.25) is 9.59 Å². The molecule has 2 aromatic heterocycles. The van der Waals surface area contributed by atoms with Crippen LogP contribution in [-0.2, 0) is 16.1 Å². The number of anilines is 1. The number of nitrogens with one attached hydrogen (secondary N) is 2. The van der Waals surface area contributed by atoms with Crippen molar-refractivity contribution in [3.05, 3.63) is 108 Å². The minimum absolute atomic E-state index is 0.125. The first-order chi connectivity index (χ1) is 16.5. The second kappa shape index (κ2) is 10.3. The number of carbonyl (C=O) groups excluding carboxylic acids is 3. The van der Waals surface area contributed by atoms with E-state index in [0.29, 0.717) is 16.9 Å². The maximum absolute atomic E-state index is 12.6. The number of fused-ring (bicyclic) bond motifs is 1. The lowest BCUT2D eigenvalue weighted by molar-refractivity contribution is -0.111. The zero-order valence-electron chi connectivity index (χ0n) is 18.4. The van der Waals surface area contributed by atoms with Crippen LogP contribution in [0, 0.1) is 0 Å². The molecular formula is C26H22N4O4. The first kappa shape index (κ1) is 22.5. The number of carbonyl (C=O) groups is 3. The van der Waals surface area contributed by atoms with Gasteiger partial charge in [0.1, 0.15) is 11.3 Å². The second-order valence-electron chi connectivity index (χ2n) is 7.42. The van der Waals surface area contributed by atoms with Crippen LogP contribution in [0.2, 0.25) is 0 Å². The quantitative estimate of drug-likeness (QED) is 0.328. The zero-order valence-corrected chi connectivity index (χ0v) is 18.4. The van der Waals surface area contributed by atoms with E-state index in [1.807, 2.05) is 42.5 Å². The topological polar surface area (TPSA) is 102 Å². The highest BCUT2D eigenvalue weighted by Crippen LogP contribution is 2.17. The first-order valence-electron chi connectivity index (χ1n) is 10.5. The Morgan fingerprint density at radius 3 is 2.59 bits per heavy atom. The van der Waals surface area contributed by atoms with Gasteiger partial charge in [-0.2, -0.15) is 0 Å². The second-order valence-corrected chi connectivity index (χ2v) is 7.42. The Balaban J connectivity index is 1.48. The van der Waals surface area contributed by atoms with E-state index >= 15 is 0 Å². The molecule has 170 valence electrons. The number of hydrogen-bond donors (Lipinski definition) is 2. The summed E-state index contributed by atoms with van der Waals surface area (Å²) in [5.74, 6) is -1.27. The molecule has 4 aromatic rings. The molecule has 8 nitrogen and oxygen atoms in total. The third kappa shape index (κ3) is 5.55. The van der Waals surface area contributed by atoms with Gasteiger partial charge in [-0.25, -0.2) is 9.78 Å². The Kier molecular flexibility index (Phi) is 6.78. The molecule has 0 saturated carbocycles. The number of benzene rings is 2. The molecule has 2 heterocycles. The van der Waals surface area contributed by atoms with E-state index in [9.17, 15) is 14.4 Å². The molecular weight excluding hydrogens is 432 g/mol. The van der Waals surface area contributed by atoms with Gasteiger partial charge < -0.3 is 19.8 Å². The average Bonchev–Trinajstić information content (AvgIpc) is 3.30. The molecule has 0 atom stereocenters. The van der Waals surface area contributed by atoms with E-state index in [2.05, 4.69) is 15.6 Å². The van der Waals surface area contributed by atoms with Crippen molar-refractivity contribution in [2.24, 2.45) is 0 Å². The van der Waals surface area contributed by atoms with Gasteiger partial charge >= 0.3 is 5.97 Å². The van der Waals surface area contributed by atoms with E-state index in [4.69, 9.17) is 4.74 Å². The molecule has 0 spiro atoms. The molecule has 0 unspecified atom stereocenters. The maximum Gasteiger partial charge on any atom is 0.337 e. The van der Waals surface area contributed by atoms with Gasteiger partial charge in [0.15, 0.2) is 0 Å². The number of nitrogens with zero attached hydrogens (tertiary/aromatic N) is 2. The number of aromatic nitrogens is 2. The van der Waals surface area contributed by atoms with E-state index in [1.54, 1.807) is 41.1 Å². The summed E-state index contributed by atoms with van der Waals surface area (Å²) < 4.78 is 6.57. The summed E-state index contributed by atoms with van der Waals surface area (Å²) in [7, 11) is 1.28. The van der Waals surface area contributed by atoms with E-state index in [-0.39, 0.29) is 29.6 Å². The summed E-state index contributed by atoms with van der Waals surface area (Å²) in [5.41, 5.74) is 3.09. The molecule has 2 amide bonds. The van der Waals surface area contributed by atoms with Crippen LogP contribution in [0.5, 0.6) is 0 Å². The van der Waals surface area contributed by atoms with Crippen LogP contribution in [-0.4, -0.2) is 34.3 Å². The number of ether oxygens (including phenoxy) is 1. The molecule has 2 N–H and O–H groups in total. The highest BCUT2D eigenvalue weighted by atomic mass is 16.5. The summed E-state index contributed by atoms with van der Waals surface area (Å²) in [5, 5.41) is 5.54. The molecule has 0 bridgehead atoms. The molecule has 0 aliphatic carbocycles. The summed E-state index contributed by atoms with van der Waals surface area (Å²) in [4.78, 5) is 41.4. The normalized spacial score (nSPS) is 10.9. The van der Waals surface area contributed by atoms with E-state index in [0.717, 1.165) is 5.56 Å². The van der Waals surface area contributed by atoms with Crippen LogP contribution in [0.1, 0.15) is 32.0 Å². The summed E-state index contributed by atoms with van der Waals surface area (Å²) in [6.07, 6.45) is 6.54. The van der Waals surface area contributed by atoms with Crippen LogP contribution >= 0.6 is 0 Å². The lowest BCUT2D eigenvalue weighted by Gasteiger charge is -2.10. The molecule has 8 heteroatoms. The van der Waals surface area contributed by atoms with Crippen molar-refractivity contribution in [3.8, 4) is 0 Å². The van der Waals surface area contributed by atoms with Crippen molar-refractivity contribution in [2.45, 2.75) is 6.54 Å². The molecule has 2 aromatic carbocycles. The lowest BCUT2D eigenvalue weighted by Crippen LogP contribution is -2.23. The number of pyridine rings is 1. The number of methoxy groups -OCH3 is 1. The minimum atomic E-state index is -0.552. The van der Waals surface area contributed by atoms with Gasteiger partial charge in [-0.1, -0.05) is 36.4 Å². The van der Waals surface area contributed by atoms with Crippen molar-refractivity contribution in [1.29, 1.82) is 0 Å². The fourth-order valence-corrected chi connectivity index (χ4v) is 3.34. The minimum Gasteiger partial charge on any atom is -0.465 e. The molecule has 4 rings (SSSR count). The number of amides is 2. The molecule has 0 aliphatic rings. The number of imidazole rings is 1. The van der Waals surface area contributed by atoms with Crippen molar-refractivity contribution in [1.82, 2.24) is 14.7 Å². The van der Waals surface area contributed by atoms with Crippen LogP contribution in [0.4, 0.5) is 5.69 Å². The maximum atomic E-state index is 12.6. The van der Waals surface area contributed by atoms with Gasteiger partial charge in [0.2, 0.25) is 5.91 Å². The molecule has 0 fully saturated rings. The third-order valence-electron chi connectivity index (χ3n) is 4.96. The molecule has 0 aliphatic heterocycles. The average molecular weight is 454 g/mol. The van der Waals surface area contributed by atoms with Gasteiger partial charge in [-0.05, 0) is 47.5 Å². The highest BCUT2D eigenvalue weighted by molar-refractivity contribution is 6.03. The molecule has 0 radical (unpaired) electrons. The van der Waals surface area contributed by atoms with Gasteiger partial charge in [0, 0.05) is 30.7 Å². The van der Waals surface area contributed by atoms with Crippen LogP contribution in [0.25, 0.3) is 11.7 Å². The predicted molar refractivity (Wildman–Crippen MR) is 128 cm³/mol. The number of hydrogen-bond acceptors (Lipinski definition) is 5. The Hall–Kier alpha value is -4.72. The van der Waals surface area contributed by atoms with Gasteiger partial charge in [0.25, 0.3) is 5.91 Å². The van der Waals surface area contributed by atoms with Crippen molar-refractivity contribution >= 4 is 35.2 Å². The van der Waals surface area contributed by atoms with Crippen LogP contribution < -0.4 is 10.6 Å². The Bertz CT molecular complexity index is 1340. The lowest BCUT2D eigenvalue weighted by atomic mass is 10.1. The largest absolute Gasteiger partial charge is 0.465 e. The van der Waals surface area contributed by atoms with Gasteiger partial charge in [-0.15, -0.1) is 0 Å².